The van der Waals surface area contributed by atoms with E-state index in [2.05, 4.69) is 5.32 Å². The maximum absolute atomic E-state index is 14.0. The quantitative estimate of drug-likeness (QED) is 0.731. The molecule has 0 saturated heterocycles. The van der Waals surface area contributed by atoms with E-state index in [0.717, 1.165) is 34.4 Å². The standard InChI is InChI=1S/C22H16F2N2O2/c23-12-9-10-17(18(24)11-12)22(28)26-20(21(25)27)19-15-7-3-1-5-13(15)14-6-2-4-8-16(14)19/h1-11,19-20H,(H2,25,27)(H,26,28)/t20-/m0/s1. The van der Waals surface area contributed by atoms with E-state index in [1.807, 2.05) is 48.5 Å². The van der Waals surface area contributed by atoms with Crippen LogP contribution in [0.4, 0.5) is 8.78 Å². The van der Waals surface area contributed by atoms with E-state index >= 15 is 0 Å². The van der Waals surface area contributed by atoms with Crippen LogP contribution in [0.25, 0.3) is 11.1 Å². The summed E-state index contributed by atoms with van der Waals surface area (Å²) in [5, 5.41) is 2.54. The molecule has 1 aliphatic rings. The van der Waals surface area contributed by atoms with Gasteiger partial charge in [0.15, 0.2) is 0 Å². The predicted molar refractivity (Wildman–Crippen MR) is 101 cm³/mol. The Morgan fingerprint density at radius 2 is 1.46 bits per heavy atom. The molecule has 4 nitrogen and oxygen atoms in total. The Bertz CT molecular complexity index is 1050. The van der Waals surface area contributed by atoms with Crippen molar-refractivity contribution in [2.45, 2.75) is 12.0 Å². The number of carbonyl (C=O) groups excluding carboxylic acids is 2. The second-order valence-electron chi connectivity index (χ2n) is 6.63. The van der Waals surface area contributed by atoms with E-state index in [0.29, 0.717) is 6.07 Å². The largest absolute Gasteiger partial charge is 0.368 e. The predicted octanol–water partition coefficient (Wildman–Crippen LogP) is 3.36. The summed E-state index contributed by atoms with van der Waals surface area (Å²) in [6.45, 7) is 0. The van der Waals surface area contributed by atoms with Gasteiger partial charge in [0.1, 0.15) is 17.7 Å². The highest BCUT2D eigenvalue weighted by atomic mass is 19.1. The number of rotatable bonds is 4. The van der Waals surface area contributed by atoms with Crippen LogP contribution >= 0.6 is 0 Å². The number of halogens is 2. The van der Waals surface area contributed by atoms with Crippen LogP contribution < -0.4 is 11.1 Å². The van der Waals surface area contributed by atoms with Crippen LogP contribution in [0.15, 0.2) is 66.7 Å². The first kappa shape index (κ1) is 17.9. The van der Waals surface area contributed by atoms with E-state index < -0.39 is 35.4 Å². The zero-order chi connectivity index (χ0) is 19.8. The summed E-state index contributed by atoms with van der Waals surface area (Å²) in [6, 6.07) is 16.6. The molecule has 1 aliphatic carbocycles. The average molecular weight is 378 g/mol. The van der Waals surface area contributed by atoms with Crippen molar-refractivity contribution in [3.8, 4) is 11.1 Å². The molecule has 3 aromatic carbocycles. The summed E-state index contributed by atoms with van der Waals surface area (Å²) < 4.78 is 27.1. The maximum atomic E-state index is 14.0. The van der Waals surface area contributed by atoms with Crippen molar-refractivity contribution in [1.29, 1.82) is 0 Å². The van der Waals surface area contributed by atoms with Crippen LogP contribution in [0.3, 0.4) is 0 Å². The highest BCUT2D eigenvalue weighted by molar-refractivity contribution is 5.98. The normalized spacial score (nSPS) is 13.5. The Labute approximate surface area is 160 Å². The van der Waals surface area contributed by atoms with E-state index in [4.69, 9.17) is 5.73 Å². The summed E-state index contributed by atoms with van der Waals surface area (Å²) in [5.74, 6) is -3.88. The van der Waals surface area contributed by atoms with Crippen LogP contribution in [0.1, 0.15) is 27.4 Å². The lowest BCUT2D eigenvalue weighted by Gasteiger charge is -2.24. The molecule has 2 amide bonds. The average Bonchev–Trinajstić information content (AvgIpc) is 3.00. The fourth-order valence-electron chi connectivity index (χ4n) is 3.76. The van der Waals surface area contributed by atoms with Crippen LogP contribution in [-0.2, 0) is 4.79 Å². The maximum Gasteiger partial charge on any atom is 0.254 e. The molecule has 0 spiro atoms. The minimum absolute atomic E-state index is 0.354. The van der Waals surface area contributed by atoms with Gasteiger partial charge in [0.05, 0.1) is 5.56 Å². The smallest absolute Gasteiger partial charge is 0.254 e. The first-order valence-electron chi connectivity index (χ1n) is 8.71. The summed E-state index contributed by atoms with van der Waals surface area (Å²) in [5.41, 5.74) is 8.88. The molecule has 0 heterocycles. The highest BCUT2D eigenvalue weighted by Crippen LogP contribution is 2.46. The number of carbonyl (C=O) groups is 2. The van der Waals surface area contributed by atoms with Gasteiger partial charge >= 0.3 is 0 Å². The van der Waals surface area contributed by atoms with Gasteiger partial charge in [0.2, 0.25) is 5.91 Å². The van der Waals surface area contributed by atoms with Gasteiger partial charge in [-0.05, 0) is 34.4 Å². The number of nitrogens with one attached hydrogen (secondary N) is 1. The Kier molecular flexibility index (Phi) is 4.39. The number of primary amides is 1. The van der Waals surface area contributed by atoms with Crippen molar-refractivity contribution >= 4 is 11.8 Å². The van der Waals surface area contributed by atoms with Crippen molar-refractivity contribution in [2.24, 2.45) is 5.73 Å². The second-order valence-corrected chi connectivity index (χ2v) is 6.63. The van der Waals surface area contributed by atoms with Crippen LogP contribution in [-0.4, -0.2) is 17.9 Å². The number of fused-ring (bicyclic) bond motifs is 3. The topological polar surface area (TPSA) is 72.2 Å². The van der Waals surface area contributed by atoms with E-state index in [1.54, 1.807) is 0 Å². The van der Waals surface area contributed by atoms with E-state index in [9.17, 15) is 18.4 Å². The van der Waals surface area contributed by atoms with Gasteiger partial charge in [-0.3, -0.25) is 9.59 Å². The second kappa shape index (κ2) is 6.88. The molecule has 3 N–H and O–H groups in total. The zero-order valence-electron chi connectivity index (χ0n) is 14.7. The van der Waals surface area contributed by atoms with E-state index in [1.165, 1.54) is 0 Å². The Balaban J connectivity index is 1.75. The van der Waals surface area contributed by atoms with Crippen molar-refractivity contribution in [1.82, 2.24) is 5.32 Å². The first-order chi connectivity index (χ1) is 13.5. The summed E-state index contributed by atoms with van der Waals surface area (Å²) >= 11 is 0. The Morgan fingerprint density at radius 3 is 2.00 bits per heavy atom. The molecular formula is C22H16F2N2O2. The van der Waals surface area contributed by atoms with E-state index in [-0.39, 0.29) is 5.56 Å². The van der Waals surface area contributed by atoms with Gasteiger partial charge in [-0.15, -0.1) is 0 Å². The lowest BCUT2D eigenvalue weighted by atomic mass is 9.88. The minimum Gasteiger partial charge on any atom is -0.368 e. The Morgan fingerprint density at radius 1 is 0.893 bits per heavy atom. The lowest BCUT2D eigenvalue weighted by Crippen LogP contribution is -2.48. The number of benzene rings is 3. The molecule has 0 saturated carbocycles. The number of hydrogen-bond acceptors (Lipinski definition) is 2. The monoisotopic (exact) mass is 378 g/mol. The summed E-state index contributed by atoms with van der Waals surface area (Å²) in [4.78, 5) is 24.9. The van der Waals surface area contributed by atoms with Gasteiger partial charge in [-0.25, -0.2) is 8.78 Å². The molecule has 0 radical (unpaired) electrons. The van der Waals surface area contributed by atoms with Gasteiger partial charge in [0.25, 0.3) is 5.91 Å². The van der Waals surface area contributed by atoms with Gasteiger partial charge in [-0.1, -0.05) is 48.5 Å². The van der Waals surface area contributed by atoms with Crippen molar-refractivity contribution in [3.63, 3.8) is 0 Å². The molecular weight excluding hydrogens is 362 g/mol. The third-order valence-corrected chi connectivity index (χ3v) is 4.98. The molecule has 0 aliphatic heterocycles. The molecule has 3 aromatic rings. The van der Waals surface area contributed by atoms with Crippen molar-refractivity contribution < 1.29 is 18.4 Å². The Hall–Kier alpha value is -3.54. The third kappa shape index (κ3) is 2.93. The van der Waals surface area contributed by atoms with Crippen molar-refractivity contribution in [3.05, 3.63) is 95.1 Å². The fraction of sp³-hybridized carbons (Fsp3) is 0.0909. The SMILES string of the molecule is NC(=O)[C@@H](NC(=O)c1ccc(F)cc1F)C1c2ccccc2-c2ccccc21. The fourth-order valence-corrected chi connectivity index (χ4v) is 3.76. The zero-order valence-corrected chi connectivity index (χ0v) is 14.7. The highest BCUT2D eigenvalue weighted by Gasteiger charge is 2.38. The first-order valence-corrected chi connectivity index (χ1v) is 8.71. The summed E-state index contributed by atoms with van der Waals surface area (Å²) in [7, 11) is 0. The number of nitrogens with two attached hydrogens (primary N) is 1. The minimum atomic E-state index is -1.10. The molecule has 28 heavy (non-hydrogen) atoms. The molecule has 140 valence electrons. The number of hydrogen-bond donors (Lipinski definition) is 2. The molecule has 0 unspecified atom stereocenters. The number of amides is 2. The lowest BCUT2D eigenvalue weighted by molar-refractivity contribution is -0.120. The van der Waals surface area contributed by atoms with Gasteiger partial charge < -0.3 is 11.1 Å². The van der Waals surface area contributed by atoms with Gasteiger partial charge in [-0.2, -0.15) is 0 Å². The van der Waals surface area contributed by atoms with Gasteiger partial charge in [0, 0.05) is 12.0 Å². The molecule has 4 rings (SSSR count). The van der Waals surface area contributed by atoms with Crippen LogP contribution in [0.2, 0.25) is 0 Å². The van der Waals surface area contributed by atoms with Crippen molar-refractivity contribution in [2.75, 3.05) is 0 Å². The molecule has 0 bridgehead atoms. The molecule has 0 aromatic heterocycles. The van der Waals surface area contributed by atoms with Crippen LogP contribution in [0.5, 0.6) is 0 Å². The molecule has 1 atom stereocenters. The molecule has 0 fully saturated rings. The van der Waals surface area contributed by atoms with Crippen LogP contribution in [0, 0.1) is 11.6 Å². The molecule has 6 heteroatoms. The summed E-state index contributed by atoms with van der Waals surface area (Å²) in [6.07, 6.45) is 0. The third-order valence-electron chi connectivity index (χ3n) is 4.98.